The van der Waals surface area contributed by atoms with Gasteiger partial charge in [0, 0.05) is 0 Å². The SMILES string of the molecule is Cc1ccc(S(=O)(=O)OC(C)(C)C(C)(C)C(=O)O)cc1. The molecule has 1 aromatic rings. The Balaban J connectivity index is 3.13. The molecule has 1 N–H and O–H groups in total. The Morgan fingerprint density at radius 1 is 1.10 bits per heavy atom. The number of carboxylic acids is 1. The van der Waals surface area contributed by atoms with Crippen LogP contribution in [0, 0.1) is 12.3 Å². The molecular formula is C14H20O5S. The first-order chi connectivity index (χ1) is 8.90. The summed E-state index contributed by atoms with van der Waals surface area (Å²) >= 11 is 0. The number of carbonyl (C=O) groups is 1. The summed E-state index contributed by atoms with van der Waals surface area (Å²) in [6, 6.07) is 6.19. The smallest absolute Gasteiger partial charge is 0.312 e. The van der Waals surface area contributed by atoms with Crippen molar-refractivity contribution in [3.63, 3.8) is 0 Å². The van der Waals surface area contributed by atoms with Crippen LogP contribution in [0.3, 0.4) is 0 Å². The normalized spacial score (nSPS) is 13.2. The molecule has 0 spiro atoms. The fourth-order valence-corrected chi connectivity index (χ4v) is 2.71. The average Bonchev–Trinajstić information content (AvgIpc) is 2.27. The van der Waals surface area contributed by atoms with Crippen LogP contribution in [-0.2, 0) is 19.1 Å². The molecule has 6 heteroatoms. The first-order valence-electron chi connectivity index (χ1n) is 6.16. The molecule has 1 aromatic carbocycles. The van der Waals surface area contributed by atoms with Gasteiger partial charge in [-0.15, -0.1) is 0 Å². The Kier molecular flexibility index (Phi) is 4.31. The van der Waals surface area contributed by atoms with Gasteiger partial charge in [0.05, 0.1) is 15.9 Å². The molecule has 0 heterocycles. The Labute approximate surface area is 119 Å². The minimum absolute atomic E-state index is 0.0114. The van der Waals surface area contributed by atoms with Crippen LogP contribution in [0.1, 0.15) is 33.3 Å². The minimum atomic E-state index is -4.01. The zero-order valence-corrected chi connectivity index (χ0v) is 13.1. The van der Waals surface area contributed by atoms with Gasteiger partial charge < -0.3 is 5.11 Å². The van der Waals surface area contributed by atoms with Crippen LogP contribution < -0.4 is 0 Å². The van der Waals surface area contributed by atoms with Crippen molar-refractivity contribution in [1.82, 2.24) is 0 Å². The summed E-state index contributed by atoms with van der Waals surface area (Å²) in [7, 11) is -4.01. The van der Waals surface area contributed by atoms with Gasteiger partial charge in [-0.25, -0.2) is 0 Å². The van der Waals surface area contributed by atoms with Gasteiger partial charge in [-0.2, -0.15) is 8.42 Å². The minimum Gasteiger partial charge on any atom is -0.481 e. The van der Waals surface area contributed by atoms with Crippen LogP contribution in [0.2, 0.25) is 0 Å². The second-order valence-corrected chi connectivity index (χ2v) is 7.34. The predicted octanol–water partition coefficient (Wildman–Crippen LogP) is 2.59. The molecule has 0 atom stereocenters. The summed E-state index contributed by atoms with van der Waals surface area (Å²) in [6.07, 6.45) is 0. The molecule has 0 unspecified atom stereocenters. The van der Waals surface area contributed by atoms with Crippen molar-refractivity contribution < 1.29 is 22.5 Å². The van der Waals surface area contributed by atoms with E-state index in [-0.39, 0.29) is 4.90 Å². The molecule has 0 amide bonds. The van der Waals surface area contributed by atoms with Crippen LogP contribution in [0.5, 0.6) is 0 Å². The Morgan fingerprint density at radius 2 is 1.55 bits per heavy atom. The molecule has 0 aliphatic rings. The van der Waals surface area contributed by atoms with E-state index < -0.39 is 27.1 Å². The van der Waals surface area contributed by atoms with E-state index in [1.807, 2.05) is 6.92 Å². The molecule has 0 bridgehead atoms. The fourth-order valence-electron chi connectivity index (χ4n) is 1.39. The maximum atomic E-state index is 12.2. The molecule has 0 fully saturated rings. The Hall–Kier alpha value is -1.40. The maximum Gasteiger partial charge on any atom is 0.312 e. The van der Waals surface area contributed by atoms with Gasteiger partial charge in [-0.3, -0.25) is 8.98 Å². The molecule has 0 radical (unpaired) electrons. The molecule has 0 saturated carbocycles. The van der Waals surface area contributed by atoms with Gasteiger partial charge in [0.25, 0.3) is 10.1 Å². The zero-order chi connectivity index (χ0) is 15.8. The first kappa shape index (κ1) is 16.7. The molecule has 20 heavy (non-hydrogen) atoms. The number of aryl methyl sites for hydroxylation is 1. The number of hydrogen-bond acceptors (Lipinski definition) is 4. The number of benzene rings is 1. The summed E-state index contributed by atoms with van der Waals surface area (Å²) in [4.78, 5) is 11.3. The quantitative estimate of drug-likeness (QED) is 0.845. The summed E-state index contributed by atoms with van der Waals surface area (Å²) in [5.41, 5.74) is -1.82. The highest BCUT2D eigenvalue weighted by molar-refractivity contribution is 7.86. The fraction of sp³-hybridized carbons (Fsp3) is 0.500. The highest BCUT2D eigenvalue weighted by Crippen LogP contribution is 2.36. The van der Waals surface area contributed by atoms with E-state index in [0.717, 1.165) is 5.56 Å². The van der Waals surface area contributed by atoms with E-state index in [0.29, 0.717) is 0 Å². The summed E-state index contributed by atoms with van der Waals surface area (Å²) in [6.45, 7) is 7.61. The lowest BCUT2D eigenvalue weighted by molar-refractivity contribution is -0.157. The lowest BCUT2D eigenvalue weighted by Gasteiger charge is -2.36. The maximum absolute atomic E-state index is 12.2. The van der Waals surface area contributed by atoms with Crippen molar-refractivity contribution >= 4 is 16.1 Å². The zero-order valence-electron chi connectivity index (χ0n) is 12.3. The molecule has 0 aliphatic carbocycles. The number of aliphatic carboxylic acids is 1. The molecule has 1 rings (SSSR count). The van der Waals surface area contributed by atoms with E-state index >= 15 is 0 Å². The number of carboxylic acid groups (broad SMARTS) is 1. The van der Waals surface area contributed by atoms with Gasteiger partial charge in [-0.05, 0) is 46.8 Å². The largest absolute Gasteiger partial charge is 0.481 e. The van der Waals surface area contributed by atoms with Crippen molar-refractivity contribution in [3.8, 4) is 0 Å². The number of hydrogen-bond donors (Lipinski definition) is 1. The Bertz CT molecular complexity index is 597. The molecule has 0 aromatic heterocycles. The van der Waals surface area contributed by atoms with Gasteiger partial charge >= 0.3 is 5.97 Å². The lowest BCUT2D eigenvalue weighted by atomic mass is 9.77. The third kappa shape index (κ3) is 3.19. The van der Waals surface area contributed by atoms with Crippen LogP contribution >= 0.6 is 0 Å². The van der Waals surface area contributed by atoms with Crippen LogP contribution in [0.25, 0.3) is 0 Å². The third-order valence-electron chi connectivity index (χ3n) is 3.67. The Morgan fingerprint density at radius 3 is 1.95 bits per heavy atom. The topological polar surface area (TPSA) is 80.7 Å². The standard InChI is InChI=1S/C14H20O5S/c1-10-6-8-11(9-7-10)20(17,18)19-14(4,5)13(2,3)12(15)16/h6-9H,1-5H3,(H,15,16). The second kappa shape index (κ2) is 5.18. The van der Waals surface area contributed by atoms with Gasteiger partial charge in [0.15, 0.2) is 0 Å². The van der Waals surface area contributed by atoms with E-state index in [1.54, 1.807) is 12.1 Å². The van der Waals surface area contributed by atoms with E-state index in [2.05, 4.69) is 0 Å². The summed E-state index contributed by atoms with van der Waals surface area (Å²) in [5.74, 6) is -1.12. The van der Waals surface area contributed by atoms with Gasteiger partial charge in [0.1, 0.15) is 0 Å². The van der Waals surface area contributed by atoms with Crippen molar-refractivity contribution in [3.05, 3.63) is 29.8 Å². The molecule has 0 aliphatic heterocycles. The van der Waals surface area contributed by atoms with Crippen LogP contribution in [0.15, 0.2) is 29.2 Å². The van der Waals surface area contributed by atoms with Gasteiger partial charge in [-0.1, -0.05) is 17.7 Å². The molecular weight excluding hydrogens is 280 g/mol. The van der Waals surface area contributed by atoms with Crippen molar-refractivity contribution in [2.45, 2.75) is 45.1 Å². The molecule has 0 saturated heterocycles. The van der Waals surface area contributed by atoms with E-state index in [4.69, 9.17) is 4.18 Å². The second-order valence-electron chi connectivity index (χ2n) is 5.79. The summed E-state index contributed by atoms with van der Waals surface area (Å²) in [5, 5.41) is 9.21. The van der Waals surface area contributed by atoms with Crippen molar-refractivity contribution in [2.24, 2.45) is 5.41 Å². The first-order valence-corrected chi connectivity index (χ1v) is 7.57. The molecule has 112 valence electrons. The highest BCUT2D eigenvalue weighted by Gasteiger charge is 2.47. The van der Waals surface area contributed by atoms with Gasteiger partial charge in [0.2, 0.25) is 0 Å². The predicted molar refractivity (Wildman–Crippen MR) is 74.9 cm³/mol. The van der Waals surface area contributed by atoms with E-state index in [9.17, 15) is 18.3 Å². The van der Waals surface area contributed by atoms with Crippen LogP contribution in [-0.4, -0.2) is 25.1 Å². The molecule has 5 nitrogen and oxygen atoms in total. The number of rotatable bonds is 5. The lowest BCUT2D eigenvalue weighted by Crippen LogP contribution is -2.48. The monoisotopic (exact) mass is 300 g/mol. The van der Waals surface area contributed by atoms with E-state index in [1.165, 1.54) is 39.8 Å². The third-order valence-corrected chi connectivity index (χ3v) is 5.15. The van der Waals surface area contributed by atoms with Crippen molar-refractivity contribution in [1.29, 1.82) is 0 Å². The average molecular weight is 300 g/mol. The van der Waals surface area contributed by atoms with Crippen LogP contribution in [0.4, 0.5) is 0 Å². The van der Waals surface area contributed by atoms with Crippen molar-refractivity contribution in [2.75, 3.05) is 0 Å². The highest BCUT2D eigenvalue weighted by atomic mass is 32.2. The summed E-state index contributed by atoms with van der Waals surface area (Å²) < 4.78 is 29.6.